The van der Waals surface area contributed by atoms with Gasteiger partial charge in [0, 0.05) is 17.4 Å². The van der Waals surface area contributed by atoms with Crippen LogP contribution >= 0.6 is 23.2 Å². The van der Waals surface area contributed by atoms with E-state index in [1.807, 2.05) is 19.1 Å². The predicted octanol–water partition coefficient (Wildman–Crippen LogP) is 5.58. The number of Topliss-reactive ketones (excluding diaryl/α,β-unsaturated/α-hetero) is 1. The molecule has 156 valence electrons. The van der Waals surface area contributed by atoms with Gasteiger partial charge in [-0.3, -0.25) is 19.5 Å². The summed E-state index contributed by atoms with van der Waals surface area (Å²) in [4.78, 5) is 31.9. The molecule has 0 spiro atoms. The Morgan fingerprint density at radius 3 is 2.39 bits per heavy atom. The third-order valence-electron chi connectivity index (χ3n) is 5.23. The van der Waals surface area contributed by atoms with Crippen LogP contribution in [0.1, 0.15) is 29.8 Å². The maximum Gasteiger partial charge on any atom is 0.300 e. The molecule has 0 saturated carbocycles. The van der Waals surface area contributed by atoms with Crippen molar-refractivity contribution in [3.8, 4) is 0 Å². The van der Waals surface area contributed by atoms with Crippen molar-refractivity contribution >= 4 is 46.3 Å². The molecule has 0 aliphatic carbocycles. The molecule has 1 fully saturated rings. The molecule has 0 bridgehead atoms. The molecule has 1 aliphatic heterocycles. The van der Waals surface area contributed by atoms with Gasteiger partial charge in [0.05, 0.1) is 21.3 Å². The number of ketones is 1. The summed E-state index contributed by atoms with van der Waals surface area (Å²) in [6, 6.07) is 16.3. The van der Waals surface area contributed by atoms with E-state index >= 15 is 0 Å². The van der Waals surface area contributed by atoms with Crippen LogP contribution in [0.3, 0.4) is 0 Å². The Morgan fingerprint density at radius 2 is 1.77 bits per heavy atom. The van der Waals surface area contributed by atoms with E-state index < -0.39 is 17.7 Å². The number of rotatable bonds is 4. The molecule has 1 aliphatic rings. The fourth-order valence-corrected chi connectivity index (χ4v) is 3.91. The smallest absolute Gasteiger partial charge is 0.300 e. The van der Waals surface area contributed by atoms with Crippen LogP contribution in [0.2, 0.25) is 10.0 Å². The number of pyridine rings is 1. The highest BCUT2D eigenvalue weighted by atomic mass is 35.5. The molecule has 7 heteroatoms. The predicted molar refractivity (Wildman–Crippen MR) is 121 cm³/mol. The standard InChI is InChI=1S/C24H18Cl2N2O3/c1-2-14-6-9-16(10-7-14)28-21(19-5-3-4-12-27-19)20(23(30)24(28)31)22(29)15-8-11-17(25)18(26)13-15/h3-13,21,29H,2H2,1H3/b22-20-. The number of benzene rings is 2. The lowest BCUT2D eigenvalue weighted by molar-refractivity contribution is -0.132. The average molecular weight is 453 g/mol. The lowest BCUT2D eigenvalue weighted by atomic mass is 9.98. The summed E-state index contributed by atoms with van der Waals surface area (Å²) in [5.74, 6) is -1.86. The van der Waals surface area contributed by atoms with Crippen molar-refractivity contribution in [3.63, 3.8) is 0 Å². The van der Waals surface area contributed by atoms with E-state index in [2.05, 4.69) is 4.98 Å². The summed E-state index contributed by atoms with van der Waals surface area (Å²) in [5.41, 5.74) is 2.34. The molecule has 1 amide bonds. The molecule has 0 radical (unpaired) electrons. The van der Waals surface area contributed by atoms with Crippen molar-refractivity contribution < 1.29 is 14.7 Å². The maximum absolute atomic E-state index is 13.1. The topological polar surface area (TPSA) is 70.5 Å². The van der Waals surface area contributed by atoms with Gasteiger partial charge in [0.15, 0.2) is 0 Å². The van der Waals surface area contributed by atoms with Crippen LogP contribution in [0.5, 0.6) is 0 Å². The lowest BCUT2D eigenvalue weighted by Crippen LogP contribution is -2.29. The number of carbonyl (C=O) groups is 2. The Hall–Kier alpha value is -3.15. The van der Waals surface area contributed by atoms with Crippen molar-refractivity contribution in [2.45, 2.75) is 19.4 Å². The highest BCUT2D eigenvalue weighted by Gasteiger charge is 2.47. The number of aromatic nitrogens is 1. The zero-order valence-corrected chi connectivity index (χ0v) is 18.1. The van der Waals surface area contributed by atoms with Crippen LogP contribution in [-0.2, 0) is 16.0 Å². The second kappa shape index (κ2) is 8.53. The number of anilines is 1. The molecule has 3 aromatic rings. The number of aliphatic hydroxyl groups is 1. The molecular weight excluding hydrogens is 435 g/mol. The number of halogens is 2. The average Bonchev–Trinajstić information content (AvgIpc) is 3.06. The monoisotopic (exact) mass is 452 g/mol. The highest BCUT2D eigenvalue weighted by Crippen LogP contribution is 2.42. The van der Waals surface area contributed by atoms with Gasteiger partial charge in [-0.15, -0.1) is 0 Å². The molecule has 31 heavy (non-hydrogen) atoms. The molecule has 5 nitrogen and oxygen atoms in total. The number of aliphatic hydroxyl groups excluding tert-OH is 1. The van der Waals surface area contributed by atoms with E-state index in [0.29, 0.717) is 16.4 Å². The van der Waals surface area contributed by atoms with Gasteiger partial charge < -0.3 is 5.11 Å². The Labute approximate surface area is 189 Å². The van der Waals surface area contributed by atoms with Gasteiger partial charge in [-0.25, -0.2) is 0 Å². The van der Waals surface area contributed by atoms with Gasteiger partial charge in [0.25, 0.3) is 11.7 Å². The van der Waals surface area contributed by atoms with E-state index in [9.17, 15) is 14.7 Å². The van der Waals surface area contributed by atoms with Crippen LogP contribution in [0, 0.1) is 0 Å². The molecule has 4 rings (SSSR count). The summed E-state index contributed by atoms with van der Waals surface area (Å²) in [6.45, 7) is 2.03. The second-order valence-electron chi connectivity index (χ2n) is 7.07. The number of carbonyl (C=O) groups excluding carboxylic acids is 2. The number of aryl methyl sites for hydroxylation is 1. The van der Waals surface area contributed by atoms with E-state index in [1.54, 1.807) is 42.6 Å². The first-order valence-electron chi connectivity index (χ1n) is 9.68. The molecule has 1 N–H and O–H groups in total. The molecule has 2 aromatic carbocycles. The third kappa shape index (κ3) is 3.82. The molecule has 1 aromatic heterocycles. The number of amides is 1. The van der Waals surface area contributed by atoms with Crippen molar-refractivity contribution in [2.24, 2.45) is 0 Å². The molecule has 2 heterocycles. The van der Waals surface area contributed by atoms with Gasteiger partial charge in [0.1, 0.15) is 11.8 Å². The SMILES string of the molecule is CCc1ccc(N2C(=O)C(=O)/C(=C(\O)c3ccc(Cl)c(Cl)c3)C2c2ccccn2)cc1. The highest BCUT2D eigenvalue weighted by molar-refractivity contribution is 6.51. The minimum absolute atomic E-state index is 0.0540. The van der Waals surface area contributed by atoms with Gasteiger partial charge in [-0.1, -0.05) is 48.3 Å². The van der Waals surface area contributed by atoms with Crippen LogP contribution < -0.4 is 4.90 Å². The summed E-state index contributed by atoms with van der Waals surface area (Å²) < 4.78 is 0. The van der Waals surface area contributed by atoms with E-state index in [0.717, 1.165) is 12.0 Å². The number of hydrogen-bond acceptors (Lipinski definition) is 4. The van der Waals surface area contributed by atoms with E-state index in [4.69, 9.17) is 23.2 Å². The summed E-state index contributed by atoms with van der Waals surface area (Å²) in [7, 11) is 0. The lowest BCUT2D eigenvalue weighted by Gasteiger charge is -2.24. The summed E-state index contributed by atoms with van der Waals surface area (Å²) in [6.07, 6.45) is 2.43. The van der Waals surface area contributed by atoms with Crippen LogP contribution in [0.4, 0.5) is 5.69 Å². The van der Waals surface area contributed by atoms with Gasteiger partial charge in [-0.05, 0) is 54.4 Å². The first-order valence-corrected chi connectivity index (χ1v) is 10.4. The normalized spacial score (nSPS) is 17.9. The van der Waals surface area contributed by atoms with Crippen LogP contribution in [-0.4, -0.2) is 21.8 Å². The van der Waals surface area contributed by atoms with Crippen LogP contribution in [0.25, 0.3) is 5.76 Å². The van der Waals surface area contributed by atoms with Gasteiger partial charge in [-0.2, -0.15) is 0 Å². The van der Waals surface area contributed by atoms with Crippen molar-refractivity contribution in [1.29, 1.82) is 0 Å². The first-order chi connectivity index (χ1) is 14.9. The van der Waals surface area contributed by atoms with Crippen LogP contribution in [0.15, 0.2) is 72.4 Å². The second-order valence-corrected chi connectivity index (χ2v) is 7.89. The van der Waals surface area contributed by atoms with E-state index in [1.165, 1.54) is 17.0 Å². The molecule has 1 saturated heterocycles. The maximum atomic E-state index is 13.1. The molecule has 1 unspecified atom stereocenters. The third-order valence-corrected chi connectivity index (χ3v) is 5.97. The van der Waals surface area contributed by atoms with Gasteiger partial charge >= 0.3 is 0 Å². The van der Waals surface area contributed by atoms with Crippen molar-refractivity contribution in [3.05, 3.63) is 99.3 Å². The largest absolute Gasteiger partial charge is 0.507 e. The Morgan fingerprint density at radius 1 is 1.03 bits per heavy atom. The van der Waals surface area contributed by atoms with Gasteiger partial charge in [0.2, 0.25) is 0 Å². The fourth-order valence-electron chi connectivity index (χ4n) is 3.61. The zero-order chi connectivity index (χ0) is 22.1. The Balaban J connectivity index is 1.92. The number of nitrogens with zero attached hydrogens (tertiary/aromatic N) is 2. The first kappa shape index (κ1) is 21.1. The minimum atomic E-state index is -0.886. The summed E-state index contributed by atoms with van der Waals surface area (Å²) in [5, 5.41) is 11.6. The Bertz CT molecular complexity index is 1190. The molecular formula is C24H18Cl2N2O3. The fraction of sp³-hybridized carbons (Fsp3) is 0.125. The van der Waals surface area contributed by atoms with E-state index in [-0.39, 0.29) is 21.9 Å². The minimum Gasteiger partial charge on any atom is -0.507 e. The molecule has 1 atom stereocenters. The van der Waals surface area contributed by atoms with Crippen molar-refractivity contribution in [2.75, 3.05) is 4.90 Å². The zero-order valence-electron chi connectivity index (χ0n) is 16.5. The Kier molecular flexibility index (Phi) is 5.81. The van der Waals surface area contributed by atoms with Crippen molar-refractivity contribution in [1.82, 2.24) is 4.98 Å². The number of hydrogen-bond donors (Lipinski definition) is 1. The summed E-state index contributed by atoms with van der Waals surface area (Å²) >= 11 is 12.1. The quantitative estimate of drug-likeness (QED) is 0.318.